The Labute approximate surface area is 112 Å². The molecule has 0 saturated heterocycles. The fourth-order valence-corrected chi connectivity index (χ4v) is 2.79. The second-order valence-electron chi connectivity index (χ2n) is 5.88. The summed E-state index contributed by atoms with van der Waals surface area (Å²) in [6.07, 6.45) is 6.86. The largest absolute Gasteiger partial charge is 0.361 e. The van der Waals surface area contributed by atoms with Gasteiger partial charge in [0.2, 0.25) is 0 Å². The molecule has 2 aliphatic rings. The number of carbonyl (C=O) groups excluding carboxylic acids is 1. The van der Waals surface area contributed by atoms with E-state index in [0.717, 1.165) is 28.9 Å². The molecule has 1 aromatic heterocycles. The average Bonchev–Trinajstić information content (AvgIpc) is 3.33. The number of hydrogen-bond acceptors (Lipinski definition) is 1. The first-order valence-corrected chi connectivity index (χ1v) is 7.20. The maximum atomic E-state index is 12.8. The number of rotatable bonds is 4. The summed E-state index contributed by atoms with van der Waals surface area (Å²) in [5, 5.41) is 1.05. The molecule has 1 aromatic carbocycles. The lowest BCUT2D eigenvalue weighted by Gasteiger charge is -2.22. The minimum atomic E-state index is 0.222. The molecule has 0 atom stereocenters. The second-order valence-corrected chi connectivity index (χ2v) is 5.88. The number of hydrogen-bond donors (Lipinski definition) is 1. The number of nitrogens with zero attached hydrogens (tertiary/aromatic N) is 1. The predicted molar refractivity (Wildman–Crippen MR) is 75.1 cm³/mol. The highest BCUT2D eigenvalue weighted by atomic mass is 16.2. The molecule has 0 unspecified atom stereocenters. The zero-order valence-electron chi connectivity index (χ0n) is 10.9. The molecular weight excluding hydrogens is 236 g/mol. The maximum absolute atomic E-state index is 12.8. The van der Waals surface area contributed by atoms with Crippen LogP contribution in [0.15, 0.2) is 30.5 Å². The van der Waals surface area contributed by atoms with Crippen LogP contribution in [-0.4, -0.2) is 28.4 Å². The Balaban J connectivity index is 1.68. The van der Waals surface area contributed by atoms with E-state index in [1.54, 1.807) is 0 Å². The van der Waals surface area contributed by atoms with Crippen LogP contribution in [0.4, 0.5) is 0 Å². The number of fused-ring (bicyclic) bond motifs is 1. The van der Waals surface area contributed by atoms with Crippen LogP contribution in [0, 0.1) is 5.92 Å². The molecule has 2 aromatic rings. The van der Waals surface area contributed by atoms with E-state index >= 15 is 0 Å². The van der Waals surface area contributed by atoms with Crippen molar-refractivity contribution in [2.24, 2.45) is 5.92 Å². The number of H-pyrrole nitrogens is 1. The van der Waals surface area contributed by atoms with E-state index in [-0.39, 0.29) is 5.91 Å². The van der Waals surface area contributed by atoms with Crippen LogP contribution in [0.1, 0.15) is 36.0 Å². The standard InChI is InChI=1S/C16H18N2O/c19-16(18(12-6-7-12)10-11-4-5-11)14-2-1-3-15-13(14)8-9-17-15/h1-3,8-9,11-12,17H,4-7,10H2. The third-order valence-corrected chi connectivity index (χ3v) is 4.23. The smallest absolute Gasteiger partial charge is 0.254 e. The van der Waals surface area contributed by atoms with E-state index in [2.05, 4.69) is 9.88 Å². The van der Waals surface area contributed by atoms with Gasteiger partial charge in [-0.1, -0.05) is 6.07 Å². The van der Waals surface area contributed by atoms with Crippen LogP contribution in [0.2, 0.25) is 0 Å². The first-order chi connectivity index (χ1) is 9.33. The van der Waals surface area contributed by atoms with Gasteiger partial charge in [0.15, 0.2) is 0 Å². The molecule has 98 valence electrons. The van der Waals surface area contributed by atoms with Crippen LogP contribution in [0.3, 0.4) is 0 Å². The quantitative estimate of drug-likeness (QED) is 0.893. The number of amides is 1. The summed E-state index contributed by atoms with van der Waals surface area (Å²) in [6, 6.07) is 8.45. The van der Waals surface area contributed by atoms with Crippen LogP contribution >= 0.6 is 0 Å². The van der Waals surface area contributed by atoms with Gasteiger partial charge in [-0.25, -0.2) is 0 Å². The Morgan fingerprint density at radius 1 is 1.21 bits per heavy atom. The minimum absolute atomic E-state index is 0.222. The van der Waals surface area contributed by atoms with E-state index in [4.69, 9.17) is 0 Å². The summed E-state index contributed by atoms with van der Waals surface area (Å²) in [5.74, 6) is 0.981. The number of aromatic amines is 1. The van der Waals surface area contributed by atoms with Crippen LogP contribution in [0.25, 0.3) is 10.9 Å². The third-order valence-electron chi connectivity index (χ3n) is 4.23. The summed E-state index contributed by atoms with van der Waals surface area (Å²) in [6.45, 7) is 0.963. The topological polar surface area (TPSA) is 36.1 Å². The minimum Gasteiger partial charge on any atom is -0.361 e. The zero-order valence-corrected chi connectivity index (χ0v) is 10.9. The van der Waals surface area contributed by atoms with Crippen LogP contribution in [-0.2, 0) is 0 Å². The molecule has 19 heavy (non-hydrogen) atoms. The second kappa shape index (κ2) is 4.12. The van der Waals surface area contributed by atoms with E-state index in [9.17, 15) is 4.79 Å². The molecule has 1 amide bonds. The Morgan fingerprint density at radius 2 is 2.05 bits per heavy atom. The number of benzene rings is 1. The predicted octanol–water partition coefficient (Wildman–Crippen LogP) is 3.18. The molecule has 2 saturated carbocycles. The average molecular weight is 254 g/mol. The van der Waals surface area contributed by atoms with Gasteiger partial charge in [-0.3, -0.25) is 4.79 Å². The third kappa shape index (κ3) is 2.03. The first kappa shape index (κ1) is 11.1. The Hall–Kier alpha value is -1.77. The van der Waals surface area contributed by atoms with Crippen molar-refractivity contribution in [3.8, 4) is 0 Å². The van der Waals surface area contributed by atoms with Gasteiger partial charge >= 0.3 is 0 Å². The SMILES string of the molecule is O=C(c1cccc2[nH]ccc12)N(CC1CC1)C1CC1. The summed E-state index contributed by atoms with van der Waals surface area (Å²) >= 11 is 0. The van der Waals surface area contributed by atoms with Crippen molar-refractivity contribution >= 4 is 16.8 Å². The van der Waals surface area contributed by atoms with Gasteiger partial charge in [0, 0.05) is 35.2 Å². The van der Waals surface area contributed by atoms with Crippen molar-refractivity contribution in [3.05, 3.63) is 36.0 Å². The van der Waals surface area contributed by atoms with Crippen molar-refractivity contribution in [2.45, 2.75) is 31.7 Å². The summed E-state index contributed by atoms with van der Waals surface area (Å²) in [5.41, 5.74) is 1.90. The van der Waals surface area contributed by atoms with Gasteiger partial charge in [-0.15, -0.1) is 0 Å². The van der Waals surface area contributed by atoms with Crippen molar-refractivity contribution in [1.29, 1.82) is 0 Å². The normalized spacial score (nSPS) is 18.7. The molecule has 1 N–H and O–H groups in total. The van der Waals surface area contributed by atoms with Crippen molar-refractivity contribution in [3.63, 3.8) is 0 Å². The molecule has 4 rings (SSSR count). The molecule has 3 heteroatoms. The molecular formula is C16H18N2O. The Kier molecular flexibility index (Phi) is 2.40. The molecule has 0 spiro atoms. The highest BCUT2D eigenvalue weighted by Gasteiger charge is 2.37. The lowest BCUT2D eigenvalue weighted by atomic mass is 10.1. The van der Waals surface area contributed by atoms with Gasteiger partial charge in [0.25, 0.3) is 5.91 Å². The molecule has 0 aliphatic heterocycles. The monoisotopic (exact) mass is 254 g/mol. The van der Waals surface area contributed by atoms with Crippen LogP contribution in [0.5, 0.6) is 0 Å². The molecule has 2 aliphatic carbocycles. The lowest BCUT2D eigenvalue weighted by molar-refractivity contribution is 0.0737. The highest BCUT2D eigenvalue weighted by molar-refractivity contribution is 6.06. The van der Waals surface area contributed by atoms with E-state index in [0.29, 0.717) is 6.04 Å². The Bertz CT molecular complexity index is 622. The van der Waals surface area contributed by atoms with E-state index < -0.39 is 0 Å². The van der Waals surface area contributed by atoms with Gasteiger partial charge in [0.05, 0.1) is 0 Å². The van der Waals surface area contributed by atoms with Crippen molar-refractivity contribution < 1.29 is 4.79 Å². The fourth-order valence-electron chi connectivity index (χ4n) is 2.79. The van der Waals surface area contributed by atoms with Crippen LogP contribution < -0.4 is 0 Å². The maximum Gasteiger partial charge on any atom is 0.254 e. The first-order valence-electron chi connectivity index (χ1n) is 7.20. The summed E-state index contributed by atoms with van der Waals surface area (Å²) in [4.78, 5) is 18.1. The molecule has 0 radical (unpaired) electrons. The summed E-state index contributed by atoms with van der Waals surface area (Å²) in [7, 11) is 0. The van der Waals surface area contributed by atoms with E-state index in [1.807, 2.05) is 30.5 Å². The lowest BCUT2D eigenvalue weighted by Crippen LogP contribution is -2.35. The number of nitrogens with one attached hydrogen (secondary N) is 1. The van der Waals surface area contributed by atoms with E-state index in [1.165, 1.54) is 25.7 Å². The number of carbonyl (C=O) groups is 1. The summed E-state index contributed by atoms with van der Waals surface area (Å²) < 4.78 is 0. The molecule has 3 nitrogen and oxygen atoms in total. The number of aromatic nitrogens is 1. The van der Waals surface area contributed by atoms with Gasteiger partial charge < -0.3 is 9.88 Å². The fraction of sp³-hybridized carbons (Fsp3) is 0.438. The van der Waals surface area contributed by atoms with Crippen molar-refractivity contribution in [2.75, 3.05) is 6.54 Å². The van der Waals surface area contributed by atoms with Gasteiger partial charge in [-0.05, 0) is 49.8 Å². The molecule has 2 fully saturated rings. The van der Waals surface area contributed by atoms with Gasteiger partial charge in [0.1, 0.15) is 0 Å². The van der Waals surface area contributed by atoms with Gasteiger partial charge in [-0.2, -0.15) is 0 Å². The van der Waals surface area contributed by atoms with Crippen molar-refractivity contribution in [1.82, 2.24) is 9.88 Å². The Morgan fingerprint density at radius 3 is 2.79 bits per heavy atom. The molecule has 1 heterocycles. The molecule has 0 bridgehead atoms. The zero-order chi connectivity index (χ0) is 12.8. The highest BCUT2D eigenvalue weighted by Crippen LogP contribution is 2.36.